The van der Waals surface area contributed by atoms with Gasteiger partial charge in [0.25, 0.3) is 0 Å². The molecule has 0 aromatic heterocycles. The lowest BCUT2D eigenvalue weighted by atomic mass is 9.51. The van der Waals surface area contributed by atoms with Crippen LogP contribution in [-0.4, -0.2) is 0 Å². The quantitative estimate of drug-likeness (QED) is 0.264. The van der Waals surface area contributed by atoms with Crippen molar-refractivity contribution in [3.63, 3.8) is 0 Å². The third-order valence-electron chi connectivity index (χ3n) is 9.76. The van der Waals surface area contributed by atoms with Crippen molar-refractivity contribution in [2.45, 2.75) is 122 Å². The largest absolute Gasteiger partial charge is 0.203 e. The van der Waals surface area contributed by atoms with E-state index in [0.717, 1.165) is 75.3 Å². The molecule has 3 fully saturated rings. The summed E-state index contributed by atoms with van der Waals surface area (Å²) in [6.45, 7) is 4.37. The summed E-state index contributed by atoms with van der Waals surface area (Å²) in [6.07, 6.45) is 16.0. The number of halogens is 2. The van der Waals surface area contributed by atoms with Gasteiger partial charge in [0.1, 0.15) is 12.1 Å². The summed E-state index contributed by atoms with van der Waals surface area (Å²) >= 11 is 0. The van der Waals surface area contributed by atoms with Crippen molar-refractivity contribution >= 4 is 0 Å². The summed E-state index contributed by atoms with van der Waals surface area (Å²) in [6, 6.07) is 11.8. The fourth-order valence-electron chi connectivity index (χ4n) is 7.18. The van der Waals surface area contributed by atoms with Gasteiger partial charge in [0.05, 0.1) is 11.1 Å². The highest BCUT2D eigenvalue weighted by Gasteiger charge is 2.50. The number of rotatable bonds is 12. The average Bonchev–Trinajstić information content (AvgIpc) is 2.95. The van der Waals surface area contributed by atoms with Gasteiger partial charge < -0.3 is 0 Å². The van der Waals surface area contributed by atoms with Crippen LogP contribution in [-0.2, 0) is 24.7 Å². The zero-order valence-corrected chi connectivity index (χ0v) is 23.3. The maximum atomic E-state index is 15.6. The minimum atomic E-state index is -0.738. The summed E-state index contributed by atoms with van der Waals surface area (Å²) in [5, 5.41) is 19.5. The predicted molar refractivity (Wildman–Crippen MR) is 149 cm³/mol. The molecule has 0 atom stereocenters. The van der Waals surface area contributed by atoms with E-state index in [4.69, 9.17) is 0 Å². The molecule has 0 N–H and O–H groups in total. The molecular weight excluding hydrogens is 474 g/mol. The molecule has 2 aromatic carbocycles. The van der Waals surface area contributed by atoms with Gasteiger partial charge in [0.2, 0.25) is 0 Å². The minimum Gasteiger partial charge on any atom is -0.203 e. The highest BCUT2D eigenvalue weighted by atomic mass is 19.2. The van der Waals surface area contributed by atoms with Gasteiger partial charge in [-0.3, -0.25) is 0 Å². The van der Waals surface area contributed by atoms with Crippen molar-refractivity contribution in [2.75, 3.05) is 0 Å². The molecular formula is C34H42F2N2. The smallest absolute Gasteiger partial charge is 0.162 e. The van der Waals surface area contributed by atoms with E-state index in [9.17, 15) is 10.5 Å². The van der Waals surface area contributed by atoms with Crippen molar-refractivity contribution < 1.29 is 8.78 Å². The third kappa shape index (κ3) is 5.66. The number of hydrogen-bond donors (Lipinski definition) is 0. The molecule has 3 saturated carbocycles. The molecule has 2 aromatic rings. The second kappa shape index (κ2) is 12.4. The minimum absolute atomic E-state index is 0.223. The Labute approximate surface area is 228 Å². The number of nitrogens with zero attached hydrogens (tertiary/aromatic N) is 2. The van der Waals surface area contributed by atoms with Crippen LogP contribution in [0.25, 0.3) is 0 Å². The van der Waals surface area contributed by atoms with Crippen molar-refractivity contribution in [2.24, 2.45) is 5.41 Å². The van der Waals surface area contributed by atoms with Crippen LogP contribution < -0.4 is 0 Å². The van der Waals surface area contributed by atoms with E-state index in [2.05, 4.69) is 26.0 Å². The first-order valence-electron chi connectivity index (χ1n) is 14.8. The summed E-state index contributed by atoms with van der Waals surface area (Å²) in [5.74, 6) is -1.41. The van der Waals surface area contributed by atoms with Gasteiger partial charge in [-0.2, -0.15) is 10.5 Å². The number of unbranched alkanes of at least 4 members (excludes halogenated alkanes) is 4. The number of nitriles is 2. The van der Waals surface area contributed by atoms with Gasteiger partial charge in [-0.1, -0.05) is 70.2 Å². The second-order valence-electron chi connectivity index (χ2n) is 12.0. The van der Waals surface area contributed by atoms with Crippen molar-refractivity contribution in [1.82, 2.24) is 0 Å². The lowest BCUT2D eigenvalue weighted by molar-refractivity contribution is 0.0286. The number of hydrogen-bond acceptors (Lipinski definition) is 2. The van der Waals surface area contributed by atoms with E-state index in [1.807, 2.05) is 18.2 Å². The monoisotopic (exact) mass is 516 g/mol. The first kappa shape index (κ1) is 28.3. The van der Waals surface area contributed by atoms with Gasteiger partial charge in [0.15, 0.2) is 11.6 Å². The maximum Gasteiger partial charge on any atom is 0.162 e. The average molecular weight is 517 g/mol. The van der Waals surface area contributed by atoms with Crippen LogP contribution >= 0.6 is 0 Å². The highest BCUT2D eigenvalue weighted by Crippen LogP contribution is 2.60. The topological polar surface area (TPSA) is 47.6 Å². The zero-order valence-electron chi connectivity index (χ0n) is 23.3. The van der Waals surface area contributed by atoms with Crippen LogP contribution in [0.1, 0.15) is 131 Å². The molecule has 0 aliphatic heterocycles. The fraction of sp³-hybridized carbons (Fsp3) is 0.588. The summed E-state index contributed by atoms with van der Waals surface area (Å²) in [4.78, 5) is 0. The Morgan fingerprint density at radius 1 is 0.658 bits per heavy atom. The van der Waals surface area contributed by atoms with E-state index in [-0.39, 0.29) is 5.41 Å². The number of fused-ring (bicyclic) bond motifs is 3. The zero-order chi connectivity index (χ0) is 27.2. The number of benzene rings is 2. The Hall–Kier alpha value is -2.72. The molecule has 38 heavy (non-hydrogen) atoms. The molecule has 202 valence electrons. The fourth-order valence-corrected chi connectivity index (χ4v) is 7.18. The van der Waals surface area contributed by atoms with E-state index in [1.54, 1.807) is 6.07 Å². The molecule has 0 radical (unpaired) electrons. The summed E-state index contributed by atoms with van der Waals surface area (Å²) in [7, 11) is 0. The van der Waals surface area contributed by atoms with Gasteiger partial charge in [-0.25, -0.2) is 8.78 Å². The Morgan fingerprint density at radius 3 is 1.76 bits per heavy atom. The summed E-state index contributed by atoms with van der Waals surface area (Å²) in [5.41, 5.74) is 3.56. The first-order valence-corrected chi connectivity index (χ1v) is 14.8. The van der Waals surface area contributed by atoms with E-state index < -0.39 is 11.6 Å². The Morgan fingerprint density at radius 2 is 1.18 bits per heavy atom. The van der Waals surface area contributed by atoms with Gasteiger partial charge in [-0.15, -0.1) is 0 Å². The van der Waals surface area contributed by atoms with Gasteiger partial charge in [0, 0.05) is 0 Å². The molecule has 0 unspecified atom stereocenters. The van der Waals surface area contributed by atoms with Crippen LogP contribution in [0.4, 0.5) is 8.78 Å². The van der Waals surface area contributed by atoms with E-state index >= 15 is 8.78 Å². The molecule has 2 bridgehead atoms. The van der Waals surface area contributed by atoms with E-state index in [1.165, 1.54) is 25.7 Å². The lowest BCUT2D eigenvalue weighted by Gasteiger charge is -2.54. The normalized spacial score (nSPS) is 22.3. The maximum absolute atomic E-state index is 15.6. The van der Waals surface area contributed by atoms with Crippen LogP contribution in [0.3, 0.4) is 0 Å². The Bertz CT molecular complexity index is 1190. The van der Waals surface area contributed by atoms with Gasteiger partial charge >= 0.3 is 0 Å². The Balaban J connectivity index is 1.48. The molecule has 4 heteroatoms. The van der Waals surface area contributed by atoms with Crippen LogP contribution in [0.15, 0.2) is 24.3 Å². The first-order chi connectivity index (χ1) is 18.4. The summed E-state index contributed by atoms with van der Waals surface area (Å²) < 4.78 is 31.0. The van der Waals surface area contributed by atoms with E-state index in [0.29, 0.717) is 40.5 Å². The molecule has 3 aliphatic carbocycles. The van der Waals surface area contributed by atoms with Crippen molar-refractivity contribution in [3.8, 4) is 12.1 Å². The predicted octanol–water partition coefficient (Wildman–Crippen LogP) is 9.40. The van der Waals surface area contributed by atoms with Crippen LogP contribution in [0.5, 0.6) is 0 Å². The van der Waals surface area contributed by atoms with Crippen LogP contribution in [0, 0.1) is 39.7 Å². The third-order valence-corrected chi connectivity index (χ3v) is 9.76. The number of aryl methyl sites for hydroxylation is 3. The molecule has 0 heterocycles. The SMILES string of the molecule is CCCCCc1ccc(CCc2ccc(C34CCC(CCCCC)(CC3)CC4)c(F)c2F)c(C#N)c1C#N. The molecule has 3 aliphatic rings. The lowest BCUT2D eigenvalue weighted by Crippen LogP contribution is -2.44. The standard InChI is InChI=1S/C34H42F2N2/c1-3-5-7-9-25-10-11-26(29(24-38)28(25)23-37)12-13-27-14-15-30(32(36)31(27)35)34-20-17-33(18-21-34,19-22-34)16-8-6-4-2/h10-11,14-15H,3-9,12-13,16-22H2,1-2H3. The van der Waals surface area contributed by atoms with Crippen molar-refractivity contribution in [3.05, 3.63) is 69.3 Å². The van der Waals surface area contributed by atoms with Gasteiger partial charge in [-0.05, 0) is 104 Å². The molecule has 0 amide bonds. The molecule has 2 nitrogen and oxygen atoms in total. The van der Waals surface area contributed by atoms with Crippen molar-refractivity contribution in [1.29, 1.82) is 10.5 Å². The van der Waals surface area contributed by atoms with Crippen LogP contribution in [0.2, 0.25) is 0 Å². The second-order valence-corrected chi connectivity index (χ2v) is 12.0. The molecule has 5 rings (SSSR count). The highest BCUT2D eigenvalue weighted by molar-refractivity contribution is 5.55. The molecule has 0 saturated heterocycles. The Kier molecular flexibility index (Phi) is 9.25. The molecule has 0 spiro atoms.